The molecule has 7 heteroatoms. The van der Waals surface area contributed by atoms with E-state index in [0.717, 1.165) is 10.5 Å². The summed E-state index contributed by atoms with van der Waals surface area (Å²) in [5.41, 5.74) is 1.09. The molecule has 1 atom stereocenters. The number of nitrogens with zero attached hydrogens (tertiary/aromatic N) is 3. The van der Waals surface area contributed by atoms with E-state index in [-0.39, 0.29) is 11.7 Å². The maximum absolute atomic E-state index is 11.3. The molecule has 1 aromatic heterocycles. The number of anilines is 1. The molecular weight excluding hydrogens is 288 g/mol. The van der Waals surface area contributed by atoms with Crippen molar-refractivity contribution >= 4 is 23.7 Å². The van der Waals surface area contributed by atoms with Gasteiger partial charge in [0.1, 0.15) is 17.6 Å². The Balaban J connectivity index is 2.07. The van der Waals surface area contributed by atoms with Crippen molar-refractivity contribution in [1.29, 1.82) is 0 Å². The third kappa shape index (κ3) is 2.52. The zero-order chi connectivity index (χ0) is 15.0. The number of rotatable bonds is 3. The minimum Gasteiger partial charge on any atom is -0.477 e. The first kappa shape index (κ1) is 13.7. The Labute approximate surface area is 125 Å². The Morgan fingerprint density at radius 3 is 2.71 bits per heavy atom. The summed E-state index contributed by atoms with van der Waals surface area (Å²) >= 11 is 1.66. The van der Waals surface area contributed by atoms with Gasteiger partial charge in [0.05, 0.1) is 0 Å². The van der Waals surface area contributed by atoms with Gasteiger partial charge in [0.25, 0.3) is 0 Å². The highest BCUT2D eigenvalue weighted by atomic mass is 32.2. The first-order chi connectivity index (χ1) is 10.1. The second kappa shape index (κ2) is 5.25. The van der Waals surface area contributed by atoms with Crippen LogP contribution in [0.25, 0.3) is 0 Å². The van der Waals surface area contributed by atoms with Crippen LogP contribution in [0.4, 0.5) is 5.95 Å². The molecular formula is C14H14N4O2S. The molecule has 0 spiro atoms. The predicted molar refractivity (Wildman–Crippen MR) is 80.5 cm³/mol. The summed E-state index contributed by atoms with van der Waals surface area (Å²) in [6, 6.07) is 7.72. The Morgan fingerprint density at radius 2 is 2.10 bits per heavy atom. The quantitative estimate of drug-likeness (QED) is 0.847. The number of aromatic nitrogens is 3. The van der Waals surface area contributed by atoms with E-state index in [2.05, 4.69) is 15.4 Å². The van der Waals surface area contributed by atoms with Crippen molar-refractivity contribution in [3.8, 4) is 0 Å². The Kier molecular flexibility index (Phi) is 3.42. The molecule has 21 heavy (non-hydrogen) atoms. The Bertz CT molecular complexity index is 721. The molecule has 0 bridgehead atoms. The van der Waals surface area contributed by atoms with Gasteiger partial charge in [0.15, 0.2) is 0 Å². The third-order valence-electron chi connectivity index (χ3n) is 3.26. The van der Waals surface area contributed by atoms with Crippen molar-refractivity contribution in [2.45, 2.75) is 17.9 Å². The third-order valence-corrected chi connectivity index (χ3v) is 4.00. The predicted octanol–water partition coefficient (Wildman–Crippen LogP) is 2.29. The van der Waals surface area contributed by atoms with Gasteiger partial charge >= 0.3 is 5.97 Å². The molecule has 1 aliphatic heterocycles. The van der Waals surface area contributed by atoms with E-state index in [1.165, 1.54) is 0 Å². The Morgan fingerprint density at radius 1 is 1.38 bits per heavy atom. The molecule has 1 aliphatic rings. The average molecular weight is 302 g/mol. The van der Waals surface area contributed by atoms with Gasteiger partial charge in [-0.15, -0.1) is 11.8 Å². The lowest BCUT2D eigenvalue weighted by atomic mass is 10.0. The molecule has 0 unspecified atom stereocenters. The number of allylic oxidation sites excluding steroid dienone is 1. The topological polar surface area (TPSA) is 80.0 Å². The van der Waals surface area contributed by atoms with Crippen molar-refractivity contribution in [1.82, 2.24) is 14.8 Å². The van der Waals surface area contributed by atoms with E-state index in [4.69, 9.17) is 0 Å². The molecule has 0 saturated carbocycles. The van der Waals surface area contributed by atoms with Crippen LogP contribution in [0.5, 0.6) is 0 Å². The molecule has 0 aliphatic carbocycles. The number of aryl methyl sites for hydroxylation is 1. The second-order valence-corrected chi connectivity index (χ2v) is 5.54. The summed E-state index contributed by atoms with van der Waals surface area (Å²) in [4.78, 5) is 16.6. The minimum atomic E-state index is -1.01. The molecule has 2 aromatic rings. The summed E-state index contributed by atoms with van der Waals surface area (Å²) < 4.78 is 1.70. The van der Waals surface area contributed by atoms with E-state index >= 15 is 0 Å². The maximum atomic E-state index is 11.3. The number of benzene rings is 1. The van der Waals surface area contributed by atoms with Crippen LogP contribution in [0.3, 0.4) is 0 Å². The molecule has 0 radical (unpaired) electrons. The van der Waals surface area contributed by atoms with E-state index < -0.39 is 5.97 Å². The summed E-state index contributed by atoms with van der Waals surface area (Å²) in [7, 11) is 0. The molecule has 1 aromatic carbocycles. The van der Waals surface area contributed by atoms with Crippen LogP contribution in [-0.2, 0) is 4.79 Å². The largest absolute Gasteiger partial charge is 0.477 e. The number of hydrogen-bond donors (Lipinski definition) is 2. The zero-order valence-electron chi connectivity index (χ0n) is 11.6. The number of fused-ring (bicyclic) bond motifs is 1. The summed E-state index contributed by atoms with van der Waals surface area (Å²) in [5.74, 6) is 0.0438. The molecule has 6 nitrogen and oxygen atoms in total. The fourth-order valence-corrected chi connectivity index (χ4v) is 2.67. The van der Waals surface area contributed by atoms with Gasteiger partial charge in [-0.05, 0) is 37.0 Å². The highest BCUT2D eigenvalue weighted by molar-refractivity contribution is 7.98. The van der Waals surface area contributed by atoms with Crippen LogP contribution < -0.4 is 5.32 Å². The van der Waals surface area contributed by atoms with E-state index in [1.54, 1.807) is 29.4 Å². The van der Waals surface area contributed by atoms with Gasteiger partial charge < -0.3 is 10.4 Å². The van der Waals surface area contributed by atoms with Crippen molar-refractivity contribution in [2.24, 2.45) is 0 Å². The highest BCUT2D eigenvalue weighted by Crippen LogP contribution is 2.29. The fourth-order valence-electron chi connectivity index (χ4n) is 2.26. The summed E-state index contributed by atoms with van der Waals surface area (Å²) in [5, 5.41) is 16.4. The maximum Gasteiger partial charge on any atom is 0.352 e. The lowest BCUT2D eigenvalue weighted by Crippen LogP contribution is -2.24. The lowest BCUT2D eigenvalue weighted by Gasteiger charge is -2.22. The van der Waals surface area contributed by atoms with E-state index in [0.29, 0.717) is 11.8 Å². The number of carboxylic acids is 1. The van der Waals surface area contributed by atoms with Crippen LogP contribution in [0.2, 0.25) is 0 Å². The Hall–Kier alpha value is -2.28. The molecule has 3 rings (SSSR count). The smallest absolute Gasteiger partial charge is 0.352 e. The molecule has 0 amide bonds. The van der Waals surface area contributed by atoms with Crippen LogP contribution in [-0.4, -0.2) is 32.1 Å². The standard InChI is InChI=1S/C14H14N4O2S/c1-8-15-14-16-11(13(19)20)7-12(18(14)17-8)9-3-5-10(21-2)6-4-9/h3-7,12H,1-2H3,(H,19,20)(H,15,16,17)/t12-/m0/s1. The number of carbonyl (C=O) groups is 1. The van der Waals surface area contributed by atoms with Gasteiger partial charge in [0, 0.05) is 4.90 Å². The van der Waals surface area contributed by atoms with Gasteiger partial charge in [-0.1, -0.05) is 12.1 Å². The van der Waals surface area contributed by atoms with Crippen molar-refractivity contribution < 1.29 is 9.90 Å². The van der Waals surface area contributed by atoms with Gasteiger partial charge in [0.2, 0.25) is 5.95 Å². The van der Waals surface area contributed by atoms with Crippen LogP contribution in [0, 0.1) is 6.92 Å². The number of nitrogens with one attached hydrogen (secondary N) is 1. The lowest BCUT2D eigenvalue weighted by molar-refractivity contribution is -0.132. The molecule has 2 N–H and O–H groups in total. The fraction of sp³-hybridized carbons (Fsp3) is 0.214. The number of carboxylic acid groups (broad SMARTS) is 1. The van der Waals surface area contributed by atoms with Crippen LogP contribution >= 0.6 is 11.8 Å². The highest BCUT2D eigenvalue weighted by Gasteiger charge is 2.26. The summed E-state index contributed by atoms with van der Waals surface area (Å²) in [6.07, 6.45) is 3.67. The minimum absolute atomic E-state index is 0.119. The molecule has 0 fully saturated rings. The number of thioether (sulfide) groups is 1. The van der Waals surface area contributed by atoms with Gasteiger partial charge in [-0.3, -0.25) is 0 Å². The summed E-state index contributed by atoms with van der Waals surface area (Å²) in [6.45, 7) is 1.78. The molecule has 108 valence electrons. The van der Waals surface area contributed by atoms with Crippen LogP contribution in [0.15, 0.2) is 40.9 Å². The van der Waals surface area contributed by atoms with E-state index in [1.807, 2.05) is 30.5 Å². The normalized spacial score (nSPS) is 16.9. The van der Waals surface area contributed by atoms with Crippen molar-refractivity contribution in [3.05, 3.63) is 47.4 Å². The first-order valence-electron chi connectivity index (χ1n) is 6.37. The van der Waals surface area contributed by atoms with Crippen molar-refractivity contribution in [2.75, 3.05) is 11.6 Å². The zero-order valence-corrected chi connectivity index (χ0v) is 12.4. The molecule has 2 heterocycles. The van der Waals surface area contributed by atoms with Gasteiger partial charge in [-0.2, -0.15) is 10.1 Å². The van der Waals surface area contributed by atoms with Crippen molar-refractivity contribution in [3.63, 3.8) is 0 Å². The van der Waals surface area contributed by atoms with E-state index in [9.17, 15) is 9.90 Å². The SMILES string of the molecule is CSc1ccc([C@@H]2C=C(C(=O)O)Nc3nc(C)nn32)cc1. The van der Waals surface area contributed by atoms with Gasteiger partial charge in [-0.25, -0.2) is 9.48 Å². The monoisotopic (exact) mass is 302 g/mol. The number of aliphatic carboxylic acids is 1. The van der Waals surface area contributed by atoms with Crippen LogP contribution in [0.1, 0.15) is 17.4 Å². The number of hydrogen-bond acceptors (Lipinski definition) is 5. The molecule has 0 saturated heterocycles. The second-order valence-electron chi connectivity index (χ2n) is 4.66. The first-order valence-corrected chi connectivity index (χ1v) is 7.60. The average Bonchev–Trinajstić information content (AvgIpc) is 2.86.